The van der Waals surface area contributed by atoms with E-state index in [4.69, 9.17) is 0 Å². The van der Waals surface area contributed by atoms with E-state index in [-0.39, 0.29) is 28.7 Å². The second-order valence-corrected chi connectivity index (χ2v) is 12.1. The summed E-state index contributed by atoms with van der Waals surface area (Å²) in [6, 6.07) is 11.4. The van der Waals surface area contributed by atoms with E-state index in [2.05, 4.69) is 18.3 Å². The van der Waals surface area contributed by atoms with Crippen molar-refractivity contribution in [3.8, 4) is 0 Å². The third kappa shape index (κ3) is 7.83. The Morgan fingerprint density at radius 2 is 1.72 bits per heavy atom. The van der Waals surface area contributed by atoms with Crippen LogP contribution in [0.5, 0.6) is 0 Å². The number of halogens is 3. The minimum absolute atomic E-state index is 0.00179. The highest BCUT2D eigenvalue weighted by Gasteiger charge is 2.31. The van der Waals surface area contributed by atoms with Gasteiger partial charge in [0.05, 0.1) is 0 Å². The molecule has 0 fully saturated rings. The first-order valence-electron chi connectivity index (χ1n) is 11.9. The molecule has 2 N–H and O–H groups in total. The lowest BCUT2D eigenvalue weighted by Gasteiger charge is -2.35. The first-order chi connectivity index (χ1) is 16.9. The summed E-state index contributed by atoms with van der Waals surface area (Å²) in [5.74, 6) is -0.864. The van der Waals surface area contributed by atoms with Crippen LogP contribution >= 0.6 is 23.5 Å². The minimum Gasteiger partial charge on any atom is -0.480 e. The Morgan fingerprint density at radius 3 is 2.33 bits per heavy atom. The molecule has 5 nitrogen and oxygen atoms in total. The van der Waals surface area contributed by atoms with Crippen molar-refractivity contribution in [2.45, 2.75) is 79.0 Å². The van der Waals surface area contributed by atoms with Gasteiger partial charge in [-0.2, -0.15) is 13.2 Å². The van der Waals surface area contributed by atoms with Crippen LogP contribution in [0.1, 0.15) is 51.2 Å². The van der Waals surface area contributed by atoms with Crippen molar-refractivity contribution in [1.29, 1.82) is 0 Å². The fourth-order valence-electron chi connectivity index (χ4n) is 4.09. The molecule has 0 radical (unpaired) electrons. The van der Waals surface area contributed by atoms with E-state index >= 15 is 0 Å². The second-order valence-electron chi connectivity index (χ2n) is 9.29. The van der Waals surface area contributed by atoms with Crippen molar-refractivity contribution in [3.63, 3.8) is 0 Å². The van der Waals surface area contributed by atoms with E-state index in [0.717, 1.165) is 36.1 Å². The van der Waals surface area contributed by atoms with Crippen molar-refractivity contribution in [2.75, 3.05) is 11.9 Å². The number of aryl methyl sites for hydroxylation is 1. The molecule has 2 amide bonds. The van der Waals surface area contributed by atoms with E-state index in [1.54, 1.807) is 13.8 Å². The molecule has 1 unspecified atom stereocenters. The minimum atomic E-state index is -4.36. The van der Waals surface area contributed by atoms with Crippen LogP contribution in [0.4, 0.5) is 23.7 Å². The molecule has 36 heavy (non-hydrogen) atoms. The number of nitrogens with one attached hydrogen (secondary N) is 1. The van der Waals surface area contributed by atoms with Gasteiger partial charge >= 0.3 is 17.5 Å². The first-order valence-corrected chi connectivity index (χ1v) is 13.5. The van der Waals surface area contributed by atoms with E-state index in [9.17, 15) is 27.9 Å². The number of alkyl halides is 3. The Bertz CT molecular complexity index is 1080. The van der Waals surface area contributed by atoms with E-state index < -0.39 is 16.2 Å². The van der Waals surface area contributed by atoms with E-state index in [1.165, 1.54) is 41.6 Å². The van der Waals surface area contributed by atoms with Crippen LogP contribution in [-0.4, -0.2) is 44.8 Å². The fourth-order valence-corrected chi connectivity index (χ4v) is 5.65. The number of rotatable bonds is 9. The zero-order valence-corrected chi connectivity index (χ0v) is 22.2. The Balaban J connectivity index is 1.70. The summed E-state index contributed by atoms with van der Waals surface area (Å²) in [4.78, 5) is 27.5. The number of anilines is 1. The molecule has 0 saturated carbocycles. The number of carbonyl (C=O) groups excluding carboxylic acids is 1. The number of unbranched alkanes of at least 4 members (excludes halogenated alkanes) is 1. The standard InChI is InChI=1S/C26H31F3N2O3S2/c1-4-5-14-31(24(34)30-19-8-12-21(13-9-19)36-26(27,28)29)20-10-6-18-16-22(11-7-17(18)15-20)35-25(2,3)23(32)33/h7-9,11-13,16,20H,4-6,10,14-15H2,1-3H3,(H,30,34)(H,32,33). The molecule has 10 heteroatoms. The molecule has 0 aromatic heterocycles. The molecule has 1 aliphatic carbocycles. The van der Waals surface area contributed by atoms with Gasteiger partial charge in [0.1, 0.15) is 4.75 Å². The highest BCUT2D eigenvalue weighted by Crippen LogP contribution is 2.38. The van der Waals surface area contributed by atoms with Crippen molar-refractivity contribution in [2.24, 2.45) is 0 Å². The number of hydrogen-bond acceptors (Lipinski definition) is 4. The lowest BCUT2D eigenvalue weighted by atomic mass is 9.87. The third-order valence-electron chi connectivity index (χ3n) is 6.06. The predicted octanol–water partition coefficient (Wildman–Crippen LogP) is 7.45. The Hall–Kier alpha value is -2.33. The van der Waals surface area contributed by atoms with Crippen LogP contribution in [0.3, 0.4) is 0 Å². The van der Waals surface area contributed by atoms with E-state index in [1.807, 2.05) is 17.0 Å². The van der Waals surface area contributed by atoms with Crippen LogP contribution in [0.15, 0.2) is 52.3 Å². The van der Waals surface area contributed by atoms with Crippen molar-refractivity contribution >= 4 is 41.2 Å². The number of carbonyl (C=O) groups is 2. The molecule has 2 aromatic carbocycles. The zero-order chi connectivity index (χ0) is 26.5. The summed E-state index contributed by atoms with van der Waals surface area (Å²) >= 11 is 1.13. The third-order valence-corrected chi connectivity index (χ3v) is 7.98. The van der Waals surface area contributed by atoms with Gasteiger partial charge in [0, 0.05) is 28.1 Å². The van der Waals surface area contributed by atoms with Gasteiger partial charge in [-0.1, -0.05) is 19.4 Å². The number of carboxylic acids is 1. The Kier molecular flexibility index (Phi) is 9.27. The molecule has 0 aliphatic heterocycles. The Morgan fingerprint density at radius 1 is 1.06 bits per heavy atom. The monoisotopic (exact) mass is 540 g/mol. The maximum Gasteiger partial charge on any atom is 0.446 e. The smallest absolute Gasteiger partial charge is 0.446 e. The summed E-state index contributed by atoms with van der Waals surface area (Å²) < 4.78 is 36.8. The second kappa shape index (κ2) is 11.8. The van der Waals surface area contributed by atoms with Gasteiger partial charge in [0.25, 0.3) is 0 Å². The molecule has 0 heterocycles. The van der Waals surface area contributed by atoms with Gasteiger partial charge < -0.3 is 15.3 Å². The summed E-state index contributed by atoms with van der Waals surface area (Å²) in [7, 11) is 0. The molecule has 2 aromatic rings. The van der Waals surface area contributed by atoms with Crippen molar-refractivity contribution < 1.29 is 27.9 Å². The van der Waals surface area contributed by atoms with Gasteiger partial charge in [-0.25, -0.2) is 4.79 Å². The number of thioether (sulfide) groups is 2. The summed E-state index contributed by atoms with van der Waals surface area (Å²) in [6.45, 7) is 6.01. The summed E-state index contributed by atoms with van der Waals surface area (Å²) in [5, 5.41) is 12.3. The average Bonchev–Trinajstić information content (AvgIpc) is 2.79. The zero-order valence-electron chi connectivity index (χ0n) is 20.5. The molecular weight excluding hydrogens is 509 g/mol. The SMILES string of the molecule is CCCCN(C(=O)Nc1ccc(SC(F)(F)F)cc1)C1CCc2cc(SC(C)(C)C(=O)O)ccc2C1. The summed E-state index contributed by atoms with van der Waals surface area (Å²) in [6.07, 6.45) is 4.03. The highest BCUT2D eigenvalue weighted by atomic mass is 32.2. The topological polar surface area (TPSA) is 69.6 Å². The van der Waals surface area contributed by atoms with Gasteiger partial charge in [-0.3, -0.25) is 4.79 Å². The lowest BCUT2D eigenvalue weighted by molar-refractivity contribution is -0.138. The molecule has 0 spiro atoms. The number of nitrogens with zero attached hydrogens (tertiary/aromatic N) is 1. The summed E-state index contributed by atoms with van der Waals surface area (Å²) in [5.41, 5.74) is -1.59. The maximum atomic E-state index is 13.2. The van der Waals surface area contributed by atoms with Crippen molar-refractivity contribution in [3.05, 3.63) is 53.6 Å². The van der Waals surface area contributed by atoms with Crippen LogP contribution in [0.25, 0.3) is 0 Å². The van der Waals surface area contributed by atoms with E-state index in [0.29, 0.717) is 18.7 Å². The number of urea groups is 1. The Labute approximate surface area is 218 Å². The number of carboxylic acid groups (broad SMARTS) is 1. The highest BCUT2D eigenvalue weighted by molar-refractivity contribution is 8.01. The number of amides is 2. The van der Waals surface area contributed by atoms with Gasteiger partial charge in [-0.15, -0.1) is 11.8 Å². The lowest BCUT2D eigenvalue weighted by Crippen LogP contribution is -2.46. The van der Waals surface area contributed by atoms with Crippen LogP contribution in [0, 0.1) is 0 Å². The van der Waals surface area contributed by atoms with Gasteiger partial charge in [0.15, 0.2) is 0 Å². The number of benzene rings is 2. The predicted molar refractivity (Wildman–Crippen MR) is 139 cm³/mol. The van der Waals surface area contributed by atoms with Crippen molar-refractivity contribution in [1.82, 2.24) is 4.90 Å². The molecule has 0 saturated heterocycles. The molecule has 0 bridgehead atoms. The molecule has 1 atom stereocenters. The van der Waals surface area contributed by atoms with Gasteiger partial charge in [0.2, 0.25) is 0 Å². The quantitative estimate of drug-likeness (QED) is 0.324. The number of hydrogen-bond donors (Lipinski definition) is 2. The normalized spacial score (nSPS) is 15.8. The molecule has 3 rings (SSSR count). The number of fused-ring (bicyclic) bond motifs is 1. The largest absolute Gasteiger partial charge is 0.480 e. The van der Waals surface area contributed by atoms with Crippen LogP contribution < -0.4 is 5.32 Å². The molecule has 1 aliphatic rings. The molecular formula is C26H31F3N2O3S2. The number of aliphatic carboxylic acids is 1. The molecule has 196 valence electrons. The first kappa shape index (κ1) is 28.2. The fraction of sp³-hybridized carbons (Fsp3) is 0.462. The maximum absolute atomic E-state index is 13.2. The van der Waals surface area contributed by atoms with Gasteiger partial charge in [-0.05, 0) is 98.8 Å². The average molecular weight is 541 g/mol. The van der Waals surface area contributed by atoms with Crippen LogP contribution in [-0.2, 0) is 17.6 Å². The van der Waals surface area contributed by atoms with Crippen LogP contribution in [0.2, 0.25) is 0 Å².